The van der Waals surface area contributed by atoms with Crippen molar-refractivity contribution in [2.75, 3.05) is 13.1 Å². The Morgan fingerprint density at radius 1 is 1.06 bits per heavy atom. The second-order valence-corrected chi connectivity index (χ2v) is 3.84. The standard InChI is InChI=1S/C10H15O5P/c1-7(2)9(11)13-5-15-16-6-14-10(12)8(3)4/h16H,1,3,5-6H2,2,4H3. The summed E-state index contributed by atoms with van der Waals surface area (Å²) in [5.74, 6) is -0.973. The van der Waals surface area contributed by atoms with E-state index in [1.165, 1.54) is 0 Å². The van der Waals surface area contributed by atoms with Crippen molar-refractivity contribution < 1.29 is 23.6 Å². The predicted octanol–water partition coefficient (Wildman–Crippen LogP) is 1.75. The van der Waals surface area contributed by atoms with Crippen LogP contribution < -0.4 is 0 Å². The molecular weight excluding hydrogens is 231 g/mol. The lowest BCUT2D eigenvalue weighted by molar-refractivity contribution is -0.145. The Kier molecular flexibility index (Phi) is 7.42. The Labute approximate surface area is 96.3 Å². The van der Waals surface area contributed by atoms with E-state index in [1.54, 1.807) is 13.8 Å². The SMILES string of the molecule is C=C(C)C(=O)OCOPCOC(=O)C(=C)C. The van der Waals surface area contributed by atoms with Gasteiger partial charge in [-0.15, -0.1) is 0 Å². The molecule has 0 aromatic heterocycles. The summed E-state index contributed by atoms with van der Waals surface area (Å²) in [7, 11) is -0.0802. The molecule has 0 heterocycles. The van der Waals surface area contributed by atoms with Gasteiger partial charge in [0.1, 0.15) is 6.35 Å². The minimum absolute atomic E-state index is 0.0802. The van der Waals surface area contributed by atoms with Crippen LogP contribution in [0.1, 0.15) is 13.8 Å². The van der Waals surface area contributed by atoms with E-state index in [0.29, 0.717) is 11.1 Å². The summed E-state index contributed by atoms with van der Waals surface area (Å²) in [5.41, 5.74) is 0.638. The molecule has 0 saturated carbocycles. The van der Waals surface area contributed by atoms with Crippen molar-refractivity contribution in [1.29, 1.82) is 0 Å². The van der Waals surface area contributed by atoms with Gasteiger partial charge in [0.15, 0.2) is 6.79 Å². The van der Waals surface area contributed by atoms with Crippen molar-refractivity contribution in [2.24, 2.45) is 0 Å². The molecule has 6 heteroatoms. The van der Waals surface area contributed by atoms with E-state index in [1.807, 2.05) is 0 Å². The van der Waals surface area contributed by atoms with E-state index in [0.717, 1.165) is 0 Å². The Bertz CT molecular complexity index is 268. The molecule has 0 fully saturated rings. The largest absolute Gasteiger partial charge is 0.456 e. The maximum atomic E-state index is 10.9. The lowest BCUT2D eigenvalue weighted by Crippen LogP contribution is -2.07. The average Bonchev–Trinajstić information content (AvgIpc) is 2.21. The number of carbonyl (C=O) groups is 2. The van der Waals surface area contributed by atoms with Crippen LogP contribution in [0.25, 0.3) is 0 Å². The highest BCUT2D eigenvalue weighted by atomic mass is 31.1. The van der Waals surface area contributed by atoms with E-state index in [-0.39, 0.29) is 21.9 Å². The van der Waals surface area contributed by atoms with Gasteiger partial charge in [-0.3, -0.25) is 0 Å². The van der Waals surface area contributed by atoms with Crippen LogP contribution in [-0.2, 0) is 23.6 Å². The van der Waals surface area contributed by atoms with Gasteiger partial charge in [-0.05, 0) is 13.8 Å². The molecule has 5 nitrogen and oxygen atoms in total. The molecule has 0 amide bonds. The smallest absolute Gasteiger partial charge is 0.335 e. The number of esters is 2. The fourth-order valence-corrected chi connectivity index (χ4v) is 0.923. The molecule has 0 N–H and O–H groups in total. The molecule has 16 heavy (non-hydrogen) atoms. The first-order chi connectivity index (χ1) is 7.45. The summed E-state index contributed by atoms with van der Waals surface area (Å²) in [6.07, 6.45) is 0.121. The Balaban J connectivity index is 3.41. The molecule has 0 saturated heterocycles. The Hall–Kier alpha value is -1.19. The molecule has 0 aliphatic rings. The van der Waals surface area contributed by atoms with Crippen LogP contribution >= 0.6 is 8.81 Å². The first-order valence-corrected chi connectivity index (χ1v) is 5.56. The summed E-state index contributed by atoms with van der Waals surface area (Å²) in [4.78, 5) is 21.8. The van der Waals surface area contributed by atoms with Gasteiger partial charge in [-0.2, -0.15) is 0 Å². The number of carbonyl (C=O) groups excluding carboxylic acids is 2. The molecule has 90 valence electrons. The number of ether oxygens (including phenoxy) is 2. The highest BCUT2D eigenvalue weighted by Gasteiger charge is 2.04. The van der Waals surface area contributed by atoms with Crippen molar-refractivity contribution in [1.82, 2.24) is 0 Å². The molecule has 0 rings (SSSR count). The van der Waals surface area contributed by atoms with Crippen molar-refractivity contribution >= 4 is 20.7 Å². The minimum atomic E-state index is -0.510. The molecule has 1 unspecified atom stereocenters. The second kappa shape index (κ2) is 8.02. The van der Waals surface area contributed by atoms with Gasteiger partial charge in [-0.1, -0.05) is 13.2 Å². The molecule has 0 spiro atoms. The lowest BCUT2D eigenvalue weighted by Gasteiger charge is -2.06. The fourth-order valence-electron chi connectivity index (χ4n) is 0.508. The molecule has 1 atom stereocenters. The van der Waals surface area contributed by atoms with Crippen molar-refractivity contribution in [3.05, 3.63) is 24.3 Å². The Morgan fingerprint density at radius 2 is 1.56 bits per heavy atom. The molecular formula is C10H15O5P. The summed E-state index contributed by atoms with van der Waals surface area (Å²) < 4.78 is 14.3. The van der Waals surface area contributed by atoms with Crippen LogP contribution in [0.2, 0.25) is 0 Å². The van der Waals surface area contributed by atoms with E-state index in [9.17, 15) is 9.59 Å². The first kappa shape index (κ1) is 14.8. The quantitative estimate of drug-likeness (QED) is 0.225. The van der Waals surface area contributed by atoms with Crippen molar-refractivity contribution in [3.8, 4) is 0 Å². The highest BCUT2D eigenvalue weighted by molar-refractivity contribution is 7.31. The number of hydrogen-bond acceptors (Lipinski definition) is 5. The zero-order chi connectivity index (χ0) is 12.6. The van der Waals surface area contributed by atoms with E-state index >= 15 is 0 Å². The highest BCUT2D eigenvalue weighted by Crippen LogP contribution is 2.12. The summed E-state index contributed by atoms with van der Waals surface area (Å²) >= 11 is 0. The second-order valence-electron chi connectivity index (χ2n) is 2.98. The fraction of sp³-hybridized carbons (Fsp3) is 0.400. The van der Waals surface area contributed by atoms with E-state index in [2.05, 4.69) is 17.9 Å². The van der Waals surface area contributed by atoms with Crippen molar-refractivity contribution in [3.63, 3.8) is 0 Å². The average molecular weight is 246 g/mol. The molecule has 0 aliphatic carbocycles. The topological polar surface area (TPSA) is 61.8 Å². The molecule has 0 aromatic rings. The van der Waals surface area contributed by atoms with E-state index < -0.39 is 11.9 Å². The van der Waals surface area contributed by atoms with Crippen LogP contribution in [0, 0.1) is 0 Å². The molecule has 0 radical (unpaired) electrons. The normalized spacial score (nSPS) is 10.1. The van der Waals surface area contributed by atoms with Gasteiger partial charge < -0.3 is 14.0 Å². The first-order valence-electron chi connectivity index (χ1n) is 4.45. The number of hydrogen-bond donors (Lipinski definition) is 0. The molecule has 0 aliphatic heterocycles. The maximum absolute atomic E-state index is 10.9. The lowest BCUT2D eigenvalue weighted by atomic mass is 10.4. The van der Waals surface area contributed by atoms with Gasteiger partial charge in [0.05, 0.1) is 8.81 Å². The zero-order valence-electron chi connectivity index (χ0n) is 9.37. The van der Waals surface area contributed by atoms with Crippen LogP contribution in [0.4, 0.5) is 0 Å². The van der Waals surface area contributed by atoms with E-state index in [4.69, 9.17) is 9.26 Å². The van der Waals surface area contributed by atoms with Crippen LogP contribution in [-0.4, -0.2) is 25.1 Å². The van der Waals surface area contributed by atoms with Gasteiger partial charge >= 0.3 is 11.9 Å². The van der Waals surface area contributed by atoms with Crippen LogP contribution in [0.3, 0.4) is 0 Å². The van der Waals surface area contributed by atoms with Gasteiger partial charge in [0.2, 0.25) is 0 Å². The summed E-state index contributed by atoms with van der Waals surface area (Å²) in [6.45, 7) is 9.75. The zero-order valence-corrected chi connectivity index (χ0v) is 10.4. The maximum Gasteiger partial charge on any atom is 0.335 e. The monoisotopic (exact) mass is 246 g/mol. The van der Waals surface area contributed by atoms with Crippen LogP contribution in [0.5, 0.6) is 0 Å². The minimum Gasteiger partial charge on any atom is -0.456 e. The molecule has 0 bridgehead atoms. The number of rotatable bonds is 7. The van der Waals surface area contributed by atoms with Crippen LogP contribution in [0.15, 0.2) is 24.3 Å². The third kappa shape index (κ3) is 7.15. The summed E-state index contributed by atoms with van der Waals surface area (Å²) in [5, 5.41) is 0. The third-order valence-corrected chi connectivity index (χ3v) is 1.89. The Morgan fingerprint density at radius 3 is 2.06 bits per heavy atom. The van der Waals surface area contributed by atoms with Gasteiger partial charge in [0, 0.05) is 11.1 Å². The predicted molar refractivity (Wildman–Crippen MR) is 60.9 cm³/mol. The van der Waals surface area contributed by atoms with Gasteiger partial charge in [0.25, 0.3) is 0 Å². The van der Waals surface area contributed by atoms with Gasteiger partial charge in [-0.25, -0.2) is 9.59 Å². The summed E-state index contributed by atoms with van der Waals surface area (Å²) in [6, 6.07) is 0. The molecule has 0 aromatic carbocycles. The third-order valence-electron chi connectivity index (χ3n) is 1.31. The van der Waals surface area contributed by atoms with Crippen molar-refractivity contribution in [2.45, 2.75) is 13.8 Å².